The molecule has 0 amide bonds. The van der Waals surface area contributed by atoms with Gasteiger partial charge in [-0.25, -0.2) is 37.1 Å². The minimum Gasteiger partial charge on any atom is -0.462 e. The number of rotatable bonds is 12. The summed E-state index contributed by atoms with van der Waals surface area (Å²) in [5, 5.41) is 5.65. The van der Waals surface area contributed by atoms with Crippen LogP contribution in [0.15, 0.2) is 90.2 Å². The van der Waals surface area contributed by atoms with Crippen LogP contribution in [0.25, 0.3) is 11.1 Å². The van der Waals surface area contributed by atoms with Gasteiger partial charge in [-0.05, 0) is 93.9 Å². The fraction of sp³-hybridized carbons (Fsp3) is 0.360. The maximum Gasteiger partial charge on any atom is 0.496 e. The molecule has 6 aromatic rings. The van der Waals surface area contributed by atoms with Crippen molar-refractivity contribution in [1.29, 1.82) is 0 Å². The van der Waals surface area contributed by atoms with E-state index in [1.54, 1.807) is 50.8 Å². The Morgan fingerprint density at radius 3 is 1.57 bits per heavy atom. The normalized spacial score (nSPS) is 15.7. The molecule has 4 aromatic heterocycles. The van der Waals surface area contributed by atoms with Gasteiger partial charge in [0.1, 0.15) is 34.9 Å². The highest BCUT2D eigenvalue weighted by atomic mass is 79.9. The summed E-state index contributed by atoms with van der Waals surface area (Å²) in [4.78, 5) is 53.6. The Morgan fingerprint density at radius 1 is 0.622 bits per heavy atom. The number of carbonyl (C=O) groups is 2. The molecule has 3 aliphatic heterocycles. The van der Waals surface area contributed by atoms with Crippen molar-refractivity contribution in [2.75, 3.05) is 86.3 Å². The quantitative estimate of drug-likeness (QED) is 0.0675. The number of esters is 2. The van der Waals surface area contributed by atoms with Crippen molar-refractivity contribution in [3.63, 3.8) is 0 Å². The highest BCUT2D eigenvalue weighted by molar-refractivity contribution is 9.10. The first-order chi connectivity index (χ1) is 35.4. The molecule has 0 unspecified atom stereocenters. The average molecular weight is 1090 g/mol. The zero-order chi connectivity index (χ0) is 53.0. The van der Waals surface area contributed by atoms with Gasteiger partial charge in [-0.3, -0.25) is 9.97 Å². The molecule has 3 saturated heterocycles. The number of anilines is 6. The fourth-order valence-corrected chi connectivity index (χ4v) is 7.83. The summed E-state index contributed by atoms with van der Waals surface area (Å²) in [6.45, 7) is 17.0. The number of nitrogens with one attached hydrogen (secondary N) is 2. The third-order valence-corrected chi connectivity index (χ3v) is 12.3. The van der Waals surface area contributed by atoms with E-state index in [0.717, 1.165) is 47.6 Å². The largest absolute Gasteiger partial charge is 0.496 e. The number of halogens is 5. The van der Waals surface area contributed by atoms with Gasteiger partial charge < -0.3 is 48.7 Å². The number of pyridine rings is 2. The van der Waals surface area contributed by atoms with Crippen LogP contribution in [0.3, 0.4) is 0 Å². The minimum absolute atomic E-state index is 0.176. The third kappa shape index (κ3) is 14.5. The second-order valence-electron chi connectivity index (χ2n) is 17.6. The maximum atomic E-state index is 13.6. The predicted molar refractivity (Wildman–Crippen MR) is 272 cm³/mol. The number of ether oxygens (including phenoxy) is 4. The number of carbonyl (C=O) groups excluding carboxylic acids is 2. The number of benzene rings is 2. The molecule has 0 saturated carbocycles. The topological polar surface area (TPSA) is 197 Å². The molecule has 0 bridgehead atoms. The molecule has 0 radical (unpaired) electrons. The highest BCUT2D eigenvalue weighted by Crippen LogP contribution is 2.37. The Hall–Kier alpha value is -6.86. The molecule has 3 aliphatic rings. The van der Waals surface area contributed by atoms with Crippen LogP contribution < -0.4 is 25.9 Å². The van der Waals surface area contributed by atoms with E-state index in [1.165, 1.54) is 24.5 Å². The van der Waals surface area contributed by atoms with Gasteiger partial charge in [-0.1, -0.05) is 0 Å². The van der Waals surface area contributed by atoms with Gasteiger partial charge in [0.15, 0.2) is 0 Å². The molecule has 0 atom stereocenters. The van der Waals surface area contributed by atoms with Crippen molar-refractivity contribution < 1.29 is 55.4 Å². The number of aromatic nitrogens is 6. The number of hydrogen-bond acceptors (Lipinski definition) is 18. The molecular weight excluding hydrogens is 1040 g/mol. The van der Waals surface area contributed by atoms with Crippen LogP contribution in [0.2, 0.25) is 0 Å². The summed E-state index contributed by atoms with van der Waals surface area (Å²) < 4.78 is 86.9. The number of morpholine rings is 2. The lowest BCUT2D eigenvalue weighted by atomic mass is 9.80. The van der Waals surface area contributed by atoms with E-state index in [4.69, 9.17) is 28.3 Å². The van der Waals surface area contributed by atoms with E-state index in [-0.39, 0.29) is 29.9 Å². The van der Waals surface area contributed by atoms with Crippen molar-refractivity contribution in [1.82, 2.24) is 29.9 Å². The SMILES string of the molecule is CCOC(=O)c1cncc(-c2cnc(Nc3cc(F)cc(F)c3)nc2N2CCOCC2)c1.CCOC(=O)c1cncc(B2OC(C)(C)C(C)(C)O2)c1.Fc1cc(F)cc(Nc2ncc(Br)c(N3CCOCC3)n2)c1. The van der Waals surface area contributed by atoms with Crippen LogP contribution >= 0.6 is 15.9 Å². The summed E-state index contributed by atoms with van der Waals surface area (Å²) in [7, 11) is -0.526. The van der Waals surface area contributed by atoms with Gasteiger partial charge in [-0.2, -0.15) is 9.97 Å². The molecule has 0 aliphatic carbocycles. The molecule has 3 fully saturated rings. The first-order valence-corrected chi connectivity index (χ1v) is 24.3. The monoisotopic (exact) mass is 1090 g/mol. The van der Waals surface area contributed by atoms with Gasteiger partial charge in [0.05, 0.1) is 66.4 Å². The third-order valence-electron chi connectivity index (χ3n) is 11.7. The van der Waals surface area contributed by atoms with E-state index < -0.39 is 53.5 Å². The average Bonchev–Trinajstić information content (AvgIpc) is 3.60. The second kappa shape index (κ2) is 24.9. The van der Waals surface area contributed by atoms with Crippen LogP contribution in [-0.2, 0) is 28.3 Å². The molecule has 18 nitrogen and oxygen atoms in total. The van der Waals surface area contributed by atoms with Crippen LogP contribution in [0.1, 0.15) is 62.3 Å². The van der Waals surface area contributed by atoms with Crippen LogP contribution in [0.5, 0.6) is 0 Å². The number of nitrogens with zero attached hydrogens (tertiary/aromatic N) is 8. The van der Waals surface area contributed by atoms with Gasteiger partial charge in [0.2, 0.25) is 11.9 Å². The van der Waals surface area contributed by atoms with Crippen molar-refractivity contribution in [3.05, 3.63) is 125 Å². The van der Waals surface area contributed by atoms with E-state index in [9.17, 15) is 27.2 Å². The van der Waals surface area contributed by atoms with Gasteiger partial charge in [-0.15, -0.1) is 0 Å². The minimum atomic E-state index is -0.709. The summed E-state index contributed by atoms with van der Waals surface area (Å²) in [6, 6.07) is 9.65. The number of hydrogen-bond donors (Lipinski definition) is 2. The van der Waals surface area contributed by atoms with Crippen molar-refractivity contribution in [2.45, 2.75) is 52.7 Å². The summed E-state index contributed by atoms with van der Waals surface area (Å²) >= 11 is 3.42. The Morgan fingerprint density at radius 2 is 1.07 bits per heavy atom. The predicted octanol–water partition coefficient (Wildman–Crippen LogP) is 8.23. The van der Waals surface area contributed by atoms with Gasteiger partial charge >= 0.3 is 19.1 Å². The molecular formula is C50H54BBrF4N10O8. The van der Waals surface area contributed by atoms with E-state index in [0.29, 0.717) is 79.7 Å². The van der Waals surface area contributed by atoms with E-state index in [1.807, 2.05) is 32.6 Å². The molecule has 0 spiro atoms. The lowest BCUT2D eigenvalue weighted by molar-refractivity contribution is 0.00578. The van der Waals surface area contributed by atoms with Gasteiger partial charge in [0.25, 0.3) is 0 Å². The zero-order valence-electron chi connectivity index (χ0n) is 41.5. The van der Waals surface area contributed by atoms with Crippen molar-refractivity contribution in [2.24, 2.45) is 0 Å². The lowest BCUT2D eigenvalue weighted by Gasteiger charge is -2.32. The van der Waals surface area contributed by atoms with Crippen LogP contribution in [0.4, 0.5) is 52.5 Å². The van der Waals surface area contributed by atoms with Crippen molar-refractivity contribution in [3.8, 4) is 11.1 Å². The molecule has 9 rings (SSSR count). The van der Waals surface area contributed by atoms with Gasteiger partial charge in [0, 0.05) is 103 Å². The Kier molecular flexibility index (Phi) is 18.5. The fourth-order valence-electron chi connectivity index (χ4n) is 7.38. The first-order valence-electron chi connectivity index (χ1n) is 23.5. The van der Waals surface area contributed by atoms with Crippen LogP contribution in [0, 0.1) is 23.3 Å². The van der Waals surface area contributed by atoms with Crippen LogP contribution in [-0.4, -0.2) is 126 Å². The molecule has 2 N–H and O–H groups in total. The zero-order valence-corrected chi connectivity index (χ0v) is 43.1. The highest BCUT2D eigenvalue weighted by Gasteiger charge is 2.52. The molecule has 7 heterocycles. The second-order valence-corrected chi connectivity index (χ2v) is 18.4. The molecule has 2 aromatic carbocycles. The lowest BCUT2D eigenvalue weighted by Crippen LogP contribution is -2.41. The van der Waals surface area contributed by atoms with Crippen molar-refractivity contribution >= 4 is 75.4 Å². The standard InChI is InChI=1S/C22H21F2N5O3.C14H20BNO4.C14H13BrF2N4O/c1-2-32-21(30)15-7-14(11-25-12-15)19-13-26-22(27-18-9-16(23)8-17(24)10-18)28-20(19)29-3-5-31-6-4-29;1-6-18-12(17)10-7-11(9-16-8-10)15-19-13(2,3)14(4,5)20-15;15-12-8-18-14(19-11-6-9(16)5-10(17)7-11)20-13(12)21-1-3-22-4-2-21/h7-13H,2-6H2,1H3,(H,26,27,28);7-9H,6H2,1-5H3;5-8H,1-4H2,(H,18,19,20). The summed E-state index contributed by atoms with van der Waals surface area (Å²) in [6.07, 6.45) is 9.36. The maximum absolute atomic E-state index is 13.6. The molecule has 390 valence electrons. The first kappa shape index (κ1) is 54.9. The molecule has 74 heavy (non-hydrogen) atoms. The van der Waals surface area contributed by atoms with E-state index >= 15 is 0 Å². The molecule has 24 heteroatoms. The van der Waals surface area contributed by atoms with E-state index in [2.05, 4.69) is 61.4 Å². The Balaban J connectivity index is 0.000000168. The summed E-state index contributed by atoms with van der Waals surface area (Å²) in [5.41, 5.74) is 2.33. The smallest absolute Gasteiger partial charge is 0.462 e. The Bertz CT molecular complexity index is 2860. The Labute approximate surface area is 433 Å². The summed E-state index contributed by atoms with van der Waals surface area (Å²) in [5.74, 6) is -1.84.